The Morgan fingerprint density at radius 3 is 2.83 bits per heavy atom. The van der Waals surface area contributed by atoms with E-state index in [1.54, 1.807) is 29.2 Å². The summed E-state index contributed by atoms with van der Waals surface area (Å²) in [6, 6.07) is 8.21. The maximum atomic E-state index is 13.7. The Hall–Kier alpha value is -2.70. The van der Waals surface area contributed by atoms with Gasteiger partial charge in [-0.15, -0.1) is 0 Å². The van der Waals surface area contributed by atoms with Crippen LogP contribution in [0.15, 0.2) is 36.7 Å². The number of amides is 1. The van der Waals surface area contributed by atoms with Crippen molar-refractivity contribution in [2.75, 3.05) is 31.6 Å². The molecule has 0 unspecified atom stereocenters. The van der Waals surface area contributed by atoms with Crippen LogP contribution in [-0.2, 0) is 11.3 Å². The Kier molecular flexibility index (Phi) is 4.36. The van der Waals surface area contributed by atoms with Crippen LogP contribution in [-0.4, -0.2) is 47.5 Å². The number of hydrogen-bond acceptors (Lipinski definition) is 5. The molecule has 23 heavy (non-hydrogen) atoms. The third-order valence-electron chi connectivity index (χ3n) is 3.80. The van der Waals surface area contributed by atoms with Crippen molar-refractivity contribution in [3.05, 3.63) is 48.0 Å². The van der Waals surface area contributed by atoms with Gasteiger partial charge < -0.3 is 14.5 Å². The smallest absolute Gasteiger partial charge is 0.242 e. The minimum atomic E-state index is -0.289. The van der Waals surface area contributed by atoms with Crippen molar-refractivity contribution < 1.29 is 13.9 Å². The fourth-order valence-electron chi connectivity index (χ4n) is 2.52. The second kappa shape index (κ2) is 6.60. The number of methoxy groups -OCH3 is 1. The maximum Gasteiger partial charge on any atom is 0.242 e. The number of aromatic nitrogens is 2. The van der Waals surface area contributed by atoms with Gasteiger partial charge in [-0.25, -0.2) is 14.4 Å². The first kappa shape index (κ1) is 15.2. The fraction of sp³-hybridized carbons (Fsp3) is 0.312. The summed E-state index contributed by atoms with van der Waals surface area (Å²) < 4.78 is 18.8. The number of hydrogen-bond donors (Lipinski definition) is 0. The van der Waals surface area contributed by atoms with E-state index >= 15 is 0 Å². The Bertz CT molecular complexity index is 710. The Morgan fingerprint density at radius 1 is 1.26 bits per heavy atom. The molecule has 7 heteroatoms. The Balaban J connectivity index is 1.67. The molecular formula is C16H17FN4O2. The average molecular weight is 316 g/mol. The highest BCUT2D eigenvalue weighted by Crippen LogP contribution is 2.19. The molecule has 1 aliphatic rings. The molecular weight excluding hydrogens is 299 g/mol. The number of ether oxygens (including phenoxy) is 1. The van der Waals surface area contributed by atoms with Crippen LogP contribution in [0.3, 0.4) is 0 Å². The summed E-state index contributed by atoms with van der Waals surface area (Å²) in [4.78, 5) is 24.0. The molecule has 0 bridgehead atoms. The molecule has 0 N–H and O–H groups in total. The van der Waals surface area contributed by atoms with Gasteiger partial charge in [0.15, 0.2) is 0 Å². The molecule has 0 aliphatic carbocycles. The Morgan fingerprint density at radius 2 is 2.09 bits per heavy atom. The van der Waals surface area contributed by atoms with Gasteiger partial charge in [-0.05, 0) is 6.07 Å². The highest BCUT2D eigenvalue weighted by molar-refractivity contribution is 5.82. The van der Waals surface area contributed by atoms with Crippen LogP contribution in [0.25, 0.3) is 0 Å². The standard InChI is InChI=1S/C16H17FN4O2/c1-23-15-8-14(18-11-19-15)20-6-7-21(16(22)10-20)9-12-4-2-3-5-13(12)17/h2-5,8,11H,6-7,9-10H2,1H3. The van der Waals surface area contributed by atoms with E-state index in [-0.39, 0.29) is 24.8 Å². The van der Waals surface area contributed by atoms with E-state index < -0.39 is 0 Å². The molecule has 6 nitrogen and oxygen atoms in total. The predicted octanol–water partition coefficient (Wildman–Crippen LogP) is 1.47. The lowest BCUT2D eigenvalue weighted by Crippen LogP contribution is -2.50. The summed E-state index contributed by atoms with van der Waals surface area (Å²) in [6.45, 7) is 1.63. The molecule has 120 valence electrons. The molecule has 0 spiro atoms. The van der Waals surface area contributed by atoms with Gasteiger partial charge in [0, 0.05) is 31.3 Å². The van der Waals surface area contributed by atoms with Gasteiger partial charge in [-0.1, -0.05) is 18.2 Å². The maximum absolute atomic E-state index is 13.7. The zero-order valence-electron chi connectivity index (χ0n) is 12.8. The van der Waals surface area contributed by atoms with Gasteiger partial charge in [0.25, 0.3) is 0 Å². The van der Waals surface area contributed by atoms with E-state index in [4.69, 9.17) is 4.74 Å². The highest BCUT2D eigenvalue weighted by Gasteiger charge is 2.25. The average Bonchev–Trinajstić information content (AvgIpc) is 2.58. The normalized spacial score (nSPS) is 15.0. The summed E-state index contributed by atoms with van der Waals surface area (Å²) in [5.41, 5.74) is 0.526. The molecule has 1 fully saturated rings. The zero-order chi connectivity index (χ0) is 16.2. The van der Waals surface area contributed by atoms with Gasteiger partial charge in [-0.2, -0.15) is 0 Å². The minimum absolute atomic E-state index is 0.0583. The van der Waals surface area contributed by atoms with E-state index in [9.17, 15) is 9.18 Å². The quantitative estimate of drug-likeness (QED) is 0.855. The summed E-state index contributed by atoms with van der Waals surface area (Å²) >= 11 is 0. The number of anilines is 1. The highest BCUT2D eigenvalue weighted by atomic mass is 19.1. The molecule has 1 aromatic carbocycles. The van der Waals surface area contributed by atoms with E-state index in [0.29, 0.717) is 30.4 Å². The minimum Gasteiger partial charge on any atom is -0.481 e. The van der Waals surface area contributed by atoms with E-state index in [1.165, 1.54) is 19.5 Å². The first-order chi connectivity index (χ1) is 11.2. The van der Waals surface area contributed by atoms with Crippen LogP contribution in [0, 0.1) is 5.82 Å². The predicted molar refractivity (Wildman–Crippen MR) is 82.6 cm³/mol. The SMILES string of the molecule is COc1cc(N2CCN(Cc3ccccc3F)C(=O)C2)ncn1. The van der Waals surface area contributed by atoms with Crippen molar-refractivity contribution in [2.45, 2.75) is 6.54 Å². The lowest BCUT2D eigenvalue weighted by atomic mass is 10.2. The third kappa shape index (κ3) is 3.39. The van der Waals surface area contributed by atoms with Crippen LogP contribution in [0.5, 0.6) is 5.88 Å². The van der Waals surface area contributed by atoms with Gasteiger partial charge in [0.1, 0.15) is 18.0 Å². The summed E-state index contributed by atoms with van der Waals surface area (Å²) in [7, 11) is 1.53. The van der Waals surface area contributed by atoms with Gasteiger partial charge in [0.05, 0.1) is 13.7 Å². The molecule has 0 atom stereocenters. The molecule has 2 heterocycles. The summed E-state index contributed by atoms with van der Waals surface area (Å²) in [5, 5.41) is 0. The zero-order valence-corrected chi connectivity index (χ0v) is 12.8. The molecule has 1 aromatic heterocycles. The first-order valence-electron chi connectivity index (χ1n) is 7.29. The molecule has 3 rings (SSSR count). The summed E-state index contributed by atoms with van der Waals surface area (Å²) in [6.07, 6.45) is 1.41. The number of carbonyl (C=O) groups is 1. The topological polar surface area (TPSA) is 58.6 Å². The van der Waals surface area contributed by atoms with Crippen molar-refractivity contribution >= 4 is 11.7 Å². The van der Waals surface area contributed by atoms with E-state index in [1.807, 2.05) is 4.90 Å². The van der Waals surface area contributed by atoms with Crippen LogP contribution < -0.4 is 9.64 Å². The van der Waals surface area contributed by atoms with Gasteiger partial charge in [0.2, 0.25) is 11.8 Å². The van der Waals surface area contributed by atoms with Crippen molar-refractivity contribution in [3.63, 3.8) is 0 Å². The van der Waals surface area contributed by atoms with Crippen molar-refractivity contribution in [3.8, 4) is 5.88 Å². The number of halogens is 1. The fourth-order valence-corrected chi connectivity index (χ4v) is 2.52. The van der Waals surface area contributed by atoms with Gasteiger partial charge in [-0.3, -0.25) is 4.79 Å². The molecule has 1 aliphatic heterocycles. The second-order valence-corrected chi connectivity index (χ2v) is 5.25. The molecule has 1 amide bonds. The van der Waals surface area contributed by atoms with Crippen molar-refractivity contribution in [1.82, 2.24) is 14.9 Å². The number of rotatable bonds is 4. The van der Waals surface area contributed by atoms with Crippen LogP contribution in [0.1, 0.15) is 5.56 Å². The molecule has 0 radical (unpaired) electrons. The number of piperazine rings is 1. The monoisotopic (exact) mass is 316 g/mol. The van der Waals surface area contributed by atoms with Crippen molar-refractivity contribution in [1.29, 1.82) is 0 Å². The Labute approximate surface area is 133 Å². The second-order valence-electron chi connectivity index (χ2n) is 5.25. The van der Waals surface area contributed by atoms with Crippen molar-refractivity contribution in [2.24, 2.45) is 0 Å². The van der Waals surface area contributed by atoms with Crippen LogP contribution >= 0.6 is 0 Å². The molecule has 2 aromatic rings. The summed E-state index contributed by atoms with van der Waals surface area (Å²) in [5.74, 6) is 0.757. The number of carbonyl (C=O) groups excluding carboxylic acids is 1. The number of nitrogens with zero attached hydrogens (tertiary/aromatic N) is 4. The first-order valence-corrected chi connectivity index (χ1v) is 7.29. The van der Waals surface area contributed by atoms with E-state index in [0.717, 1.165) is 0 Å². The molecule has 0 saturated carbocycles. The molecule has 1 saturated heterocycles. The largest absolute Gasteiger partial charge is 0.481 e. The van der Waals surface area contributed by atoms with E-state index in [2.05, 4.69) is 9.97 Å². The van der Waals surface area contributed by atoms with Crippen LogP contribution in [0.4, 0.5) is 10.2 Å². The third-order valence-corrected chi connectivity index (χ3v) is 3.80. The lowest BCUT2D eigenvalue weighted by Gasteiger charge is -2.35. The van der Waals surface area contributed by atoms with Crippen LogP contribution in [0.2, 0.25) is 0 Å². The number of benzene rings is 1. The van der Waals surface area contributed by atoms with Gasteiger partial charge >= 0.3 is 0 Å². The lowest BCUT2D eigenvalue weighted by molar-refractivity contribution is -0.131.